The number of hydrogen-bond donors (Lipinski definition) is 0. The minimum absolute atomic E-state index is 0.109. The Morgan fingerprint density at radius 3 is 1.93 bits per heavy atom. The fourth-order valence-electron chi connectivity index (χ4n) is 7.94. The third kappa shape index (κ3) is 3.80. The topological polar surface area (TPSA) is 3.24 Å². The zero-order valence-electron chi connectivity index (χ0n) is 26.6. The van der Waals surface area contributed by atoms with Crippen molar-refractivity contribution in [1.82, 2.24) is 0 Å². The standard InChI is InChI=1S/C44H35NS/c1-43(2)39-27-31(45(29-13-6-5-7-14-29)30-20-25-41-38(26-30)35-16-10-11-17-40(35)46-41)19-22-34(39)37-24-23-33-32-15-9-8-12-28(32)18-21-36(33)42(37)44(43,3)4/h5-27H,1-4H3. The van der Waals surface area contributed by atoms with Crippen LogP contribution in [-0.2, 0) is 10.8 Å². The molecule has 1 heterocycles. The molecule has 7 aromatic carbocycles. The van der Waals surface area contributed by atoms with Gasteiger partial charge in [0.15, 0.2) is 0 Å². The molecule has 222 valence electrons. The van der Waals surface area contributed by atoms with Crippen LogP contribution in [0.1, 0.15) is 38.8 Å². The molecule has 8 aromatic rings. The Hall–Kier alpha value is -4.92. The van der Waals surface area contributed by atoms with Crippen LogP contribution in [0.2, 0.25) is 0 Å². The zero-order chi connectivity index (χ0) is 31.2. The van der Waals surface area contributed by atoms with Gasteiger partial charge in [0.1, 0.15) is 0 Å². The minimum Gasteiger partial charge on any atom is -0.310 e. The smallest absolute Gasteiger partial charge is 0.0468 e. The molecule has 0 saturated carbocycles. The number of para-hydroxylation sites is 1. The summed E-state index contributed by atoms with van der Waals surface area (Å²) in [6.07, 6.45) is 0. The van der Waals surface area contributed by atoms with Gasteiger partial charge in [0.25, 0.3) is 0 Å². The quantitative estimate of drug-likeness (QED) is 0.180. The van der Waals surface area contributed by atoms with Gasteiger partial charge in [0.2, 0.25) is 0 Å². The monoisotopic (exact) mass is 609 g/mol. The van der Waals surface area contributed by atoms with Gasteiger partial charge in [-0.05, 0) is 97.7 Å². The lowest BCUT2D eigenvalue weighted by molar-refractivity contribution is 0.301. The maximum absolute atomic E-state index is 2.47. The molecule has 0 atom stereocenters. The molecule has 0 aliphatic heterocycles. The summed E-state index contributed by atoms with van der Waals surface area (Å²) < 4.78 is 2.65. The average Bonchev–Trinajstić information content (AvgIpc) is 3.46. The van der Waals surface area contributed by atoms with E-state index in [0.29, 0.717) is 0 Å². The van der Waals surface area contributed by atoms with E-state index < -0.39 is 0 Å². The van der Waals surface area contributed by atoms with Crippen molar-refractivity contribution in [2.75, 3.05) is 4.90 Å². The molecule has 0 saturated heterocycles. The Balaban J connectivity index is 1.27. The molecule has 0 unspecified atom stereocenters. The summed E-state index contributed by atoms with van der Waals surface area (Å²) in [5.74, 6) is 0. The van der Waals surface area contributed by atoms with Gasteiger partial charge in [-0.3, -0.25) is 0 Å². The first kappa shape index (κ1) is 27.4. The third-order valence-corrected chi connectivity index (χ3v) is 12.1. The van der Waals surface area contributed by atoms with Crippen LogP contribution in [0.25, 0.3) is 52.8 Å². The molecule has 9 rings (SSSR count). The van der Waals surface area contributed by atoms with Crippen LogP contribution in [0.4, 0.5) is 17.1 Å². The second-order valence-corrected chi connectivity index (χ2v) is 14.9. The molecule has 1 aliphatic carbocycles. The number of benzene rings is 7. The Bertz CT molecular complexity index is 2480. The van der Waals surface area contributed by atoms with Crippen LogP contribution in [-0.4, -0.2) is 0 Å². The van der Waals surface area contributed by atoms with E-state index in [1.54, 1.807) is 0 Å². The summed E-state index contributed by atoms with van der Waals surface area (Å²) in [5.41, 5.74) is 8.82. The Morgan fingerprint density at radius 1 is 0.435 bits per heavy atom. The van der Waals surface area contributed by atoms with Gasteiger partial charge in [-0.1, -0.05) is 119 Å². The van der Waals surface area contributed by atoms with Gasteiger partial charge in [-0.15, -0.1) is 11.3 Å². The van der Waals surface area contributed by atoms with Gasteiger partial charge in [0.05, 0.1) is 0 Å². The van der Waals surface area contributed by atoms with E-state index in [1.165, 1.54) is 75.3 Å². The van der Waals surface area contributed by atoms with Crippen LogP contribution in [0, 0.1) is 0 Å². The summed E-state index contributed by atoms with van der Waals surface area (Å²) >= 11 is 1.87. The second-order valence-electron chi connectivity index (χ2n) is 13.8. The van der Waals surface area contributed by atoms with Crippen molar-refractivity contribution in [1.29, 1.82) is 0 Å². The summed E-state index contributed by atoms with van der Waals surface area (Å²) in [5, 5.41) is 7.96. The second kappa shape index (κ2) is 9.79. The van der Waals surface area contributed by atoms with E-state index >= 15 is 0 Å². The van der Waals surface area contributed by atoms with Crippen molar-refractivity contribution in [2.45, 2.75) is 38.5 Å². The molecule has 0 radical (unpaired) electrons. The molecule has 46 heavy (non-hydrogen) atoms. The Kier molecular flexibility index (Phi) is 5.83. The fourth-order valence-corrected chi connectivity index (χ4v) is 9.02. The zero-order valence-corrected chi connectivity index (χ0v) is 27.5. The summed E-state index contributed by atoms with van der Waals surface area (Å²) in [4.78, 5) is 2.43. The van der Waals surface area contributed by atoms with E-state index in [1.807, 2.05) is 11.3 Å². The molecule has 0 fully saturated rings. The Labute approximate surface area is 274 Å². The summed E-state index contributed by atoms with van der Waals surface area (Å²) in [6, 6.07) is 51.8. The van der Waals surface area contributed by atoms with Crippen molar-refractivity contribution in [3.05, 3.63) is 151 Å². The van der Waals surface area contributed by atoms with Gasteiger partial charge < -0.3 is 4.90 Å². The largest absolute Gasteiger partial charge is 0.310 e. The minimum atomic E-state index is -0.124. The van der Waals surface area contributed by atoms with Crippen molar-refractivity contribution in [3.8, 4) is 11.1 Å². The van der Waals surface area contributed by atoms with Crippen molar-refractivity contribution in [2.24, 2.45) is 0 Å². The van der Waals surface area contributed by atoms with Gasteiger partial charge in [0, 0.05) is 42.6 Å². The van der Waals surface area contributed by atoms with Crippen molar-refractivity contribution >= 4 is 70.1 Å². The summed E-state index contributed by atoms with van der Waals surface area (Å²) in [7, 11) is 0. The molecule has 0 bridgehead atoms. The van der Waals surface area contributed by atoms with E-state index in [9.17, 15) is 0 Å². The number of hydrogen-bond acceptors (Lipinski definition) is 2. The molecule has 1 aromatic heterocycles. The number of rotatable bonds is 3. The number of anilines is 3. The highest BCUT2D eigenvalue weighted by molar-refractivity contribution is 7.25. The molecule has 0 spiro atoms. The predicted molar refractivity (Wildman–Crippen MR) is 201 cm³/mol. The van der Waals surface area contributed by atoms with E-state index in [4.69, 9.17) is 0 Å². The molecule has 0 N–H and O–H groups in total. The Morgan fingerprint density at radius 2 is 1.09 bits per heavy atom. The molecular formula is C44H35NS. The molecule has 1 aliphatic rings. The van der Waals surface area contributed by atoms with Gasteiger partial charge >= 0.3 is 0 Å². The van der Waals surface area contributed by atoms with E-state index in [0.717, 1.165) is 5.69 Å². The van der Waals surface area contributed by atoms with Crippen molar-refractivity contribution in [3.63, 3.8) is 0 Å². The molecule has 0 amide bonds. The first-order chi connectivity index (χ1) is 22.3. The summed E-state index contributed by atoms with van der Waals surface area (Å²) in [6.45, 7) is 9.77. The molecular weight excluding hydrogens is 575 g/mol. The number of thiophene rings is 1. The van der Waals surface area contributed by atoms with E-state index in [2.05, 4.69) is 172 Å². The lowest BCUT2D eigenvalue weighted by Crippen LogP contribution is -2.43. The lowest BCUT2D eigenvalue weighted by Gasteiger charge is -2.49. The fraction of sp³-hybridized carbons (Fsp3) is 0.136. The normalized spacial score (nSPS) is 14.9. The molecule has 1 nitrogen and oxygen atoms in total. The van der Waals surface area contributed by atoms with Crippen LogP contribution < -0.4 is 4.90 Å². The van der Waals surface area contributed by atoms with Gasteiger partial charge in [-0.2, -0.15) is 0 Å². The lowest BCUT2D eigenvalue weighted by atomic mass is 9.54. The highest BCUT2D eigenvalue weighted by Gasteiger charge is 2.47. The van der Waals surface area contributed by atoms with Crippen molar-refractivity contribution < 1.29 is 0 Å². The first-order valence-electron chi connectivity index (χ1n) is 16.2. The maximum Gasteiger partial charge on any atom is 0.0468 e. The van der Waals surface area contributed by atoms with Crippen LogP contribution >= 0.6 is 11.3 Å². The van der Waals surface area contributed by atoms with Crippen LogP contribution in [0.15, 0.2) is 140 Å². The highest BCUT2D eigenvalue weighted by atomic mass is 32.1. The average molecular weight is 610 g/mol. The number of nitrogens with zero attached hydrogens (tertiary/aromatic N) is 1. The van der Waals surface area contributed by atoms with E-state index in [-0.39, 0.29) is 10.8 Å². The third-order valence-electron chi connectivity index (χ3n) is 11.0. The predicted octanol–water partition coefficient (Wildman–Crippen LogP) is 13.1. The van der Waals surface area contributed by atoms with Crippen LogP contribution in [0.5, 0.6) is 0 Å². The van der Waals surface area contributed by atoms with Gasteiger partial charge in [-0.25, -0.2) is 0 Å². The molecule has 2 heteroatoms. The van der Waals surface area contributed by atoms with Crippen LogP contribution in [0.3, 0.4) is 0 Å². The first-order valence-corrected chi connectivity index (χ1v) is 17.0. The SMILES string of the molecule is CC1(C)c2cc(N(c3ccccc3)c3ccc4sc5ccccc5c4c3)ccc2-c2ccc3c(ccc4ccccc43)c2C1(C)C. The maximum atomic E-state index is 2.47. The number of fused-ring (bicyclic) bond motifs is 10. The highest BCUT2D eigenvalue weighted by Crippen LogP contribution is 2.57.